The van der Waals surface area contributed by atoms with Crippen molar-refractivity contribution in [3.63, 3.8) is 0 Å². The number of nitrogens with two attached hydrogens (primary N) is 1. The summed E-state index contributed by atoms with van der Waals surface area (Å²) in [5, 5.41) is 17.1. The van der Waals surface area contributed by atoms with E-state index in [0.717, 1.165) is 68.0 Å². The number of carbonyl (C=O) groups excluding carboxylic acids is 1. The van der Waals surface area contributed by atoms with Gasteiger partial charge in [-0.2, -0.15) is 0 Å². The number of esters is 1. The van der Waals surface area contributed by atoms with Gasteiger partial charge in [0.15, 0.2) is 0 Å². The molecule has 2 aliphatic carbocycles. The molecule has 10 heteroatoms. The molecule has 0 bridgehead atoms. The number of aliphatic hydroxyl groups is 1. The molecule has 1 unspecified atom stereocenters. The third kappa shape index (κ3) is 8.23. The minimum atomic E-state index is -3.53. The predicted molar refractivity (Wildman–Crippen MR) is 179 cm³/mol. The number of aliphatic hydroxyl groups excluding tert-OH is 1. The van der Waals surface area contributed by atoms with Gasteiger partial charge in [0.25, 0.3) is 0 Å². The van der Waals surface area contributed by atoms with Crippen molar-refractivity contribution in [3.05, 3.63) is 70.3 Å². The number of unbranched alkanes of at least 4 members (excludes halogenated alkanes) is 1. The number of aryl methyl sites for hydroxylation is 1. The van der Waals surface area contributed by atoms with E-state index in [1.165, 1.54) is 11.1 Å². The Balaban J connectivity index is 1.39. The quantitative estimate of drug-likeness (QED) is 0.162. The summed E-state index contributed by atoms with van der Waals surface area (Å²) in [6, 6.07) is 11.8. The molecule has 0 radical (unpaired) electrons. The van der Waals surface area contributed by atoms with Crippen molar-refractivity contribution in [3.8, 4) is 5.75 Å². The van der Waals surface area contributed by atoms with E-state index in [1.807, 2.05) is 37.3 Å². The average Bonchev–Trinajstić information content (AvgIpc) is 3.11. The first-order valence-corrected chi connectivity index (χ1v) is 18.4. The van der Waals surface area contributed by atoms with Gasteiger partial charge < -0.3 is 19.5 Å². The Morgan fingerprint density at radius 2 is 2.09 bits per heavy atom. The largest absolute Gasteiger partial charge is 0.490 e. The number of benzene rings is 2. The van der Waals surface area contributed by atoms with Crippen LogP contribution in [0.15, 0.2) is 48.6 Å². The Kier molecular flexibility index (Phi) is 10.8. The van der Waals surface area contributed by atoms with Gasteiger partial charge in [0.05, 0.1) is 36.3 Å². The first kappa shape index (κ1) is 33.8. The number of fused-ring (bicyclic) bond motifs is 3. The predicted octanol–water partition coefficient (Wildman–Crippen LogP) is 6.03. The number of ether oxygens (including phenoxy) is 2. The lowest BCUT2D eigenvalue weighted by molar-refractivity contribution is 0.0456. The van der Waals surface area contributed by atoms with Crippen molar-refractivity contribution in [2.45, 2.75) is 76.7 Å². The molecule has 1 spiro atoms. The van der Waals surface area contributed by atoms with Gasteiger partial charge >= 0.3 is 5.97 Å². The first-order chi connectivity index (χ1) is 21.5. The van der Waals surface area contributed by atoms with Crippen molar-refractivity contribution in [1.29, 1.82) is 0 Å². The van der Waals surface area contributed by atoms with Gasteiger partial charge in [-0.15, -0.1) is 0 Å². The van der Waals surface area contributed by atoms with Crippen molar-refractivity contribution in [1.82, 2.24) is 0 Å². The van der Waals surface area contributed by atoms with E-state index in [4.69, 9.17) is 26.2 Å². The van der Waals surface area contributed by atoms with Crippen LogP contribution >= 0.6 is 11.6 Å². The Hall–Kier alpha value is -2.59. The van der Waals surface area contributed by atoms with Crippen LogP contribution in [-0.2, 0) is 26.6 Å². The van der Waals surface area contributed by atoms with E-state index in [2.05, 4.69) is 24.0 Å². The second-order valence-electron chi connectivity index (χ2n) is 13.4. The number of hydrogen-bond donors (Lipinski definition) is 2. The van der Waals surface area contributed by atoms with Crippen LogP contribution in [0.3, 0.4) is 0 Å². The molecule has 5 rings (SSSR count). The maximum atomic E-state index is 13.0. The molecule has 1 heterocycles. The molecular weight excluding hydrogens is 612 g/mol. The van der Waals surface area contributed by atoms with Gasteiger partial charge in [0.2, 0.25) is 10.0 Å². The molecule has 246 valence electrons. The molecule has 0 aromatic heterocycles. The van der Waals surface area contributed by atoms with Crippen LogP contribution in [0.25, 0.3) is 0 Å². The zero-order chi connectivity index (χ0) is 32.2. The maximum Gasteiger partial charge on any atom is 0.338 e. The Labute approximate surface area is 273 Å². The molecule has 2 aromatic rings. The van der Waals surface area contributed by atoms with Crippen molar-refractivity contribution in [2.75, 3.05) is 37.0 Å². The van der Waals surface area contributed by atoms with Gasteiger partial charge in [0.1, 0.15) is 5.75 Å². The number of nitrogens with zero attached hydrogens (tertiary/aromatic N) is 1. The third-order valence-electron chi connectivity index (χ3n) is 9.76. The third-order valence-corrected chi connectivity index (χ3v) is 11.0. The number of anilines is 1. The molecular formula is C35H47ClN2O6S. The lowest BCUT2D eigenvalue weighted by atomic mass is 9.68. The summed E-state index contributed by atoms with van der Waals surface area (Å²) >= 11 is 6.41. The van der Waals surface area contributed by atoms with Crippen LogP contribution in [0.2, 0.25) is 5.02 Å². The summed E-state index contributed by atoms with van der Waals surface area (Å²) in [6.45, 7) is 6.27. The molecule has 2 aromatic carbocycles. The summed E-state index contributed by atoms with van der Waals surface area (Å²) in [6.07, 6.45) is 10.3. The normalized spacial score (nSPS) is 24.2. The van der Waals surface area contributed by atoms with Crippen LogP contribution < -0.4 is 14.8 Å². The minimum Gasteiger partial charge on any atom is -0.490 e. The molecule has 5 atom stereocenters. The average molecular weight is 659 g/mol. The number of carbonyl (C=O) groups is 1. The van der Waals surface area contributed by atoms with E-state index in [-0.39, 0.29) is 34.9 Å². The molecule has 3 N–H and O–H groups in total. The van der Waals surface area contributed by atoms with Crippen molar-refractivity contribution < 1.29 is 27.8 Å². The van der Waals surface area contributed by atoms with Gasteiger partial charge in [0, 0.05) is 23.5 Å². The van der Waals surface area contributed by atoms with Gasteiger partial charge in [-0.1, -0.05) is 50.1 Å². The smallest absolute Gasteiger partial charge is 0.338 e. The summed E-state index contributed by atoms with van der Waals surface area (Å²) in [4.78, 5) is 15.3. The lowest BCUT2D eigenvalue weighted by Crippen LogP contribution is -2.49. The Morgan fingerprint density at radius 3 is 2.82 bits per heavy atom. The topological polar surface area (TPSA) is 119 Å². The van der Waals surface area contributed by atoms with Crippen LogP contribution in [0, 0.1) is 17.8 Å². The highest BCUT2D eigenvalue weighted by atomic mass is 35.5. The molecule has 1 fully saturated rings. The van der Waals surface area contributed by atoms with E-state index < -0.39 is 16.1 Å². The van der Waals surface area contributed by atoms with E-state index >= 15 is 0 Å². The SMILES string of the molecule is CCCCOC(=O)c1ccc2c(c1)N(C[C@@H]1CC[C@H]1[C@@H](O)/C=C/C[C@@H](C)CS(N)(=O)=O)CC1(CCCc3cc(Cl)ccc31)CO2. The fourth-order valence-electron chi connectivity index (χ4n) is 7.25. The second kappa shape index (κ2) is 14.4. The molecule has 0 amide bonds. The van der Waals surface area contributed by atoms with Crippen molar-refractivity contribution in [2.24, 2.45) is 22.9 Å². The highest BCUT2D eigenvalue weighted by molar-refractivity contribution is 7.89. The highest BCUT2D eigenvalue weighted by Crippen LogP contribution is 2.46. The zero-order valence-electron chi connectivity index (χ0n) is 26.4. The van der Waals surface area contributed by atoms with E-state index in [1.54, 1.807) is 6.07 Å². The molecule has 8 nitrogen and oxygen atoms in total. The Morgan fingerprint density at radius 1 is 1.27 bits per heavy atom. The number of hydrogen-bond acceptors (Lipinski definition) is 7. The number of allylic oxidation sites excluding steroid dienone is 1. The molecule has 1 aliphatic heterocycles. The minimum absolute atomic E-state index is 0.0815. The van der Waals surface area contributed by atoms with Crippen LogP contribution in [0.1, 0.15) is 80.3 Å². The van der Waals surface area contributed by atoms with Crippen molar-refractivity contribution >= 4 is 33.3 Å². The summed E-state index contributed by atoms with van der Waals surface area (Å²) < 4.78 is 35.0. The molecule has 45 heavy (non-hydrogen) atoms. The van der Waals surface area contributed by atoms with E-state index in [9.17, 15) is 18.3 Å². The maximum absolute atomic E-state index is 13.0. The standard InChI is InChI=1S/C35H47ClN2O6S/c1-3-4-17-43-34(40)26-11-15-33-31(19-26)38(22-35(23-44-33)16-6-8-25-18-28(36)12-14-30(25)35)20-27-10-13-29(27)32(39)9-5-7-24(2)21-45(37,41)42/h5,9,11-12,14-15,18-19,24,27,29,32,39H,3-4,6-8,10,13,16-17,20-23H2,1-2H3,(H2,37,41,42)/b9-5+/t24-,27+,29-,32+,35?/m1/s1. The van der Waals surface area contributed by atoms with E-state index in [0.29, 0.717) is 31.7 Å². The fourth-order valence-corrected chi connectivity index (χ4v) is 8.37. The monoisotopic (exact) mass is 658 g/mol. The summed E-state index contributed by atoms with van der Waals surface area (Å²) in [7, 11) is -3.53. The van der Waals surface area contributed by atoms with Gasteiger partial charge in [-0.3, -0.25) is 0 Å². The van der Waals surface area contributed by atoms with Crippen LogP contribution in [0.4, 0.5) is 5.69 Å². The number of primary sulfonamides is 1. The van der Waals surface area contributed by atoms with Crippen LogP contribution in [0.5, 0.6) is 5.75 Å². The zero-order valence-corrected chi connectivity index (χ0v) is 28.0. The number of rotatable bonds is 12. The lowest BCUT2D eigenvalue weighted by Gasteiger charge is -2.45. The first-order valence-electron chi connectivity index (χ1n) is 16.3. The van der Waals surface area contributed by atoms with Gasteiger partial charge in [-0.05, 0) is 104 Å². The van der Waals surface area contributed by atoms with Gasteiger partial charge in [-0.25, -0.2) is 18.4 Å². The molecule has 0 saturated heterocycles. The summed E-state index contributed by atoms with van der Waals surface area (Å²) in [5.74, 6) is 0.531. The summed E-state index contributed by atoms with van der Waals surface area (Å²) in [5.41, 5.74) is 3.69. The number of sulfonamides is 1. The molecule has 1 saturated carbocycles. The van der Waals surface area contributed by atoms with Crippen LogP contribution in [-0.4, -0.2) is 57.7 Å². The number of halogens is 1. The Bertz CT molecular complexity index is 1500. The molecule has 3 aliphatic rings. The fraction of sp³-hybridized carbons (Fsp3) is 0.571. The second-order valence-corrected chi connectivity index (χ2v) is 15.5. The highest BCUT2D eigenvalue weighted by Gasteiger charge is 2.44.